The van der Waals surface area contributed by atoms with E-state index in [0.717, 1.165) is 22.4 Å². The zero-order valence-corrected chi connectivity index (χ0v) is 16.1. The number of rotatable bonds is 3. The van der Waals surface area contributed by atoms with Crippen molar-refractivity contribution in [3.8, 4) is 0 Å². The molecule has 1 atom stereocenters. The molecule has 2 aromatic rings. The molecule has 3 amide bonds. The van der Waals surface area contributed by atoms with Gasteiger partial charge in [-0.05, 0) is 47.0 Å². The molecule has 2 aromatic carbocycles. The summed E-state index contributed by atoms with van der Waals surface area (Å²) in [6, 6.07) is 13.5. The molecular weight excluding hydrogens is 389 g/mol. The topological polar surface area (TPSA) is 76.3 Å². The van der Waals surface area contributed by atoms with Crippen molar-refractivity contribution < 1.29 is 23.5 Å². The summed E-state index contributed by atoms with van der Waals surface area (Å²) in [7, 11) is 0. The number of nitrogens with zero attached hydrogens (tertiary/aromatic N) is 5. The zero-order chi connectivity index (χ0) is 20.8. The lowest BCUT2D eigenvalue weighted by molar-refractivity contribution is -0.509. The molecule has 9 heteroatoms. The van der Waals surface area contributed by atoms with Crippen molar-refractivity contribution >= 4 is 29.1 Å². The van der Waals surface area contributed by atoms with Crippen LogP contribution in [-0.2, 0) is 20.8 Å². The molecule has 0 aromatic heterocycles. The Morgan fingerprint density at radius 3 is 2.57 bits per heavy atom. The smallest absolute Gasteiger partial charge is 0.326 e. The summed E-state index contributed by atoms with van der Waals surface area (Å²) in [5.74, 6) is -2.15. The van der Waals surface area contributed by atoms with Crippen LogP contribution in [0.25, 0.3) is 0 Å². The number of benzene rings is 2. The zero-order valence-electron chi connectivity index (χ0n) is 16.1. The number of halogens is 1. The van der Waals surface area contributed by atoms with Crippen molar-refractivity contribution in [3.05, 3.63) is 59.9 Å². The van der Waals surface area contributed by atoms with Gasteiger partial charge in [-0.2, -0.15) is 0 Å². The number of amides is 3. The first-order chi connectivity index (χ1) is 14.5. The van der Waals surface area contributed by atoms with Gasteiger partial charge in [-0.1, -0.05) is 18.2 Å². The third-order valence-electron chi connectivity index (χ3n) is 5.69. The number of fused-ring (bicyclic) bond motifs is 2. The van der Waals surface area contributed by atoms with Crippen LogP contribution in [0.2, 0.25) is 0 Å². The van der Waals surface area contributed by atoms with E-state index in [9.17, 15) is 18.8 Å². The predicted octanol–water partition coefficient (Wildman–Crippen LogP) is 1.35. The van der Waals surface area contributed by atoms with Crippen molar-refractivity contribution in [2.45, 2.75) is 12.7 Å². The van der Waals surface area contributed by atoms with E-state index in [1.54, 1.807) is 17.0 Å². The Kier molecular flexibility index (Phi) is 4.30. The normalized spacial score (nSPS) is 20.4. The summed E-state index contributed by atoms with van der Waals surface area (Å²) in [6.07, 6.45) is 0.0139. The van der Waals surface area contributed by atoms with Gasteiger partial charge < -0.3 is 9.80 Å². The maximum Gasteiger partial charge on any atom is 0.502 e. The molecule has 1 unspecified atom stereocenters. The van der Waals surface area contributed by atoms with E-state index in [-0.39, 0.29) is 18.3 Å². The average molecular weight is 408 g/mol. The minimum Gasteiger partial charge on any atom is -0.326 e. The Hall–Kier alpha value is -3.62. The number of carbonyl (C=O) groups excluding carboxylic acids is 3. The summed E-state index contributed by atoms with van der Waals surface area (Å²) in [5, 5.41) is 4.40. The van der Waals surface area contributed by atoms with Gasteiger partial charge >= 0.3 is 11.8 Å². The number of hydrogen-bond donors (Lipinski definition) is 0. The van der Waals surface area contributed by atoms with E-state index in [1.165, 1.54) is 17.0 Å². The number of para-hydroxylation sites is 1. The van der Waals surface area contributed by atoms with Gasteiger partial charge in [0.05, 0.1) is 0 Å². The summed E-state index contributed by atoms with van der Waals surface area (Å²) in [5.41, 5.74) is 2.59. The molecule has 0 aliphatic carbocycles. The third kappa shape index (κ3) is 2.94. The minimum absolute atomic E-state index is 0.287. The molecule has 0 saturated carbocycles. The predicted molar refractivity (Wildman–Crippen MR) is 104 cm³/mol. The van der Waals surface area contributed by atoms with E-state index >= 15 is 0 Å². The Balaban J connectivity index is 1.41. The van der Waals surface area contributed by atoms with Gasteiger partial charge in [-0.3, -0.25) is 14.5 Å². The van der Waals surface area contributed by atoms with Crippen LogP contribution in [0.4, 0.5) is 15.8 Å². The molecular formula is C21H19FN5O3+. The monoisotopic (exact) mass is 408 g/mol. The summed E-state index contributed by atoms with van der Waals surface area (Å²) >= 11 is 0. The molecule has 3 aliphatic heterocycles. The summed E-state index contributed by atoms with van der Waals surface area (Å²) in [6.45, 7) is 1.02. The van der Waals surface area contributed by atoms with Crippen LogP contribution in [0.3, 0.4) is 0 Å². The van der Waals surface area contributed by atoms with Crippen molar-refractivity contribution in [2.75, 3.05) is 36.0 Å². The lowest BCUT2D eigenvalue weighted by Crippen LogP contribution is -2.53. The lowest BCUT2D eigenvalue weighted by atomic mass is 10.2. The van der Waals surface area contributed by atoms with Crippen LogP contribution in [0.1, 0.15) is 5.56 Å². The van der Waals surface area contributed by atoms with Gasteiger partial charge in [0.1, 0.15) is 5.82 Å². The molecule has 30 heavy (non-hydrogen) atoms. The van der Waals surface area contributed by atoms with Crippen molar-refractivity contribution in [1.29, 1.82) is 0 Å². The molecule has 0 bridgehead atoms. The second-order valence-electron chi connectivity index (χ2n) is 7.42. The van der Waals surface area contributed by atoms with Crippen LogP contribution >= 0.6 is 0 Å². The van der Waals surface area contributed by atoms with Gasteiger partial charge in [0.15, 0.2) is 0 Å². The summed E-state index contributed by atoms with van der Waals surface area (Å²) < 4.78 is 14.2. The number of anilines is 2. The Labute approximate surface area is 171 Å². The maximum atomic E-state index is 13.3. The summed E-state index contributed by atoms with van der Waals surface area (Å²) in [4.78, 5) is 42.9. The first kappa shape index (κ1) is 18.4. The Bertz CT molecular complexity index is 1080. The highest BCUT2D eigenvalue weighted by Gasteiger charge is 2.50. The Morgan fingerprint density at radius 1 is 1.03 bits per heavy atom. The molecule has 8 nitrogen and oxygen atoms in total. The van der Waals surface area contributed by atoms with Gasteiger partial charge in [0.25, 0.3) is 18.7 Å². The molecule has 3 heterocycles. The quantitative estimate of drug-likeness (QED) is 0.568. The first-order valence-electron chi connectivity index (χ1n) is 9.76. The highest BCUT2D eigenvalue weighted by molar-refractivity contribution is 6.32. The SMILES string of the molecule is O=C(C[N+]1=NC2N(CCN2c2ccc(F)cc2)C(=O)C1=O)N1CCc2ccccc21. The Morgan fingerprint density at radius 2 is 1.77 bits per heavy atom. The largest absolute Gasteiger partial charge is 0.502 e. The highest BCUT2D eigenvalue weighted by Crippen LogP contribution is 2.29. The average Bonchev–Trinajstić information content (AvgIpc) is 3.37. The molecule has 1 fully saturated rings. The first-order valence-corrected chi connectivity index (χ1v) is 9.76. The van der Waals surface area contributed by atoms with Crippen molar-refractivity contribution in [3.63, 3.8) is 0 Å². The van der Waals surface area contributed by atoms with E-state index < -0.39 is 18.1 Å². The van der Waals surface area contributed by atoms with Crippen LogP contribution in [0.5, 0.6) is 0 Å². The van der Waals surface area contributed by atoms with Crippen molar-refractivity contribution in [1.82, 2.24) is 4.90 Å². The standard InChI is InChI=1S/C21H19FN5O3/c22-15-5-7-16(8-6-15)24-11-12-26-19(29)20(30)27(23-21(24)26)13-18(28)25-10-9-14-3-1-2-4-17(14)25/h1-8,21H,9-13H2/q+1. The van der Waals surface area contributed by atoms with E-state index in [1.807, 2.05) is 29.2 Å². The van der Waals surface area contributed by atoms with Gasteiger partial charge in [-0.15, -0.1) is 0 Å². The van der Waals surface area contributed by atoms with Crippen LogP contribution in [0, 0.1) is 5.82 Å². The molecule has 5 rings (SSSR count). The molecule has 0 radical (unpaired) electrons. The van der Waals surface area contributed by atoms with Gasteiger partial charge in [-0.25, -0.2) is 9.18 Å². The second-order valence-corrected chi connectivity index (χ2v) is 7.42. The van der Waals surface area contributed by atoms with Crippen molar-refractivity contribution in [2.24, 2.45) is 5.11 Å². The molecule has 3 aliphatic rings. The van der Waals surface area contributed by atoms with E-state index in [0.29, 0.717) is 25.3 Å². The number of carbonyl (C=O) groups is 3. The second kappa shape index (κ2) is 7.01. The maximum absolute atomic E-state index is 13.3. The van der Waals surface area contributed by atoms with Gasteiger partial charge in [0, 0.05) is 36.1 Å². The van der Waals surface area contributed by atoms with Crippen LogP contribution in [-0.4, -0.2) is 59.8 Å². The van der Waals surface area contributed by atoms with Crippen LogP contribution < -0.4 is 9.80 Å². The van der Waals surface area contributed by atoms with E-state index in [2.05, 4.69) is 5.11 Å². The molecule has 0 N–H and O–H groups in total. The fraction of sp³-hybridized carbons (Fsp3) is 0.286. The lowest BCUT2D eigenvalue weighted by Gasteiger charge is -2.27. The fourth-order valence-electron chi connectivity index (χ4n) is 4.17. The molecule has 152 valence electrons. The fourth-order valence-corrected chi connectivity index (χ4v) is 4.17. The molecule has 0 spiro atoms. The van der Waals surface area contributed by atoms with E-state index in [4.69, 9.17) is 0 Å². The number of hydrogen-bond acceptors (Lipinski definition) is 5. The van der Waals surface area contributed by atoms with Gasteiger partial charge in [0.2, 0.25) is 0 Å². The highest BCUT2D eigenvalue weighted by atomic mass is 19.1. The minimum atomic E-state index is -0.812. The number of azo groups is 2. The molecule has 1 saturated heterocycles. The van der Waals surface area contributed by atoms with Crippen LogP contribution in [0.15, 0.2) is 53.6 Å². The third-order valence-corrected chi connectivity index (χ3v) is 5.69.